The summed E-state index contributed by atoms with van der Waals surface area (Å²) in [6.45, 7) is 3.80. The van der Waals surface area contributed by atoms with Gasteiger partial charge in [-0.1, -0.05) is 23.4 Å². The van der Waals surface area contributed by atoms with Crippen LogP contribution >= 0.6 is 23.4 Å². The van der Waals surface area contributed by atoms with Gasteiger partial charge in [-0.05, 0) is 32.0 Å². The molecule has 5 nitrogen and oxygen atoms in total. The normalized spacial score (nSPS) is 10.3. The number of rotatable bonds is 4. The molecule has 0 unspecified atom stereocenters. The van der Waals surface area contributed by atoms with E-state index in [9.17, 15) is 4.79 Å². The number of aryl methyl sites for hydroxylation is 2. The number of aromatic nitrogens is 3. The Kier molecular flexibility index (Phi) is 4.92. The molecule has 0 saturated heterocycles. The van der Waals surface area contributed by atoms with Crippen molar-refractivity contribution in [2.24, 2.45) is 0 Å². The SMILES string of the molecule is Cc1cc(C)nc(SCC(=O)Nc2ccc(Cl)cn2)n1. The number of hydrogen-bond donors (Lipinski definition) is 1. The molecule has 2 heterocycles. The zero-order valence-corrected chi connectivity index (χ0v) is 12.6. The number of halogens is 1. The number of nitrogens with zero attached hydrogens (tertiary/aromatic N) is 3. The lowest BCUT2D eigenvalue weighted by molar-refractivity contribution is -0.113. The van der Waals surface area contributed by atoms with Crippen molar-refractivity contribution in [1.82, 2.24) is 15.0 Å². The van der Waals surface area contributed by atoms with E-state index in [1.807, 2.05) is 19.9 Å². The summed E-state index contributed by atoms with van der Waals surface area (Å²) in [4.78, 5) is 24.3. The molecule has 2 aromatic rings. The fraction of sp³-hybridized carbons (Fsp3) is 0.231. The Morgan fingerprint density at radius 1 is 1.30 bits per heavy atom. The summed E-state index contributed by atoms with van der Waals surface area (Å²) in [5.74, 6) is 0.543. The minimum atomic E-state index is -0.160. The first-order valence-electron chi connectivity index (χ1n) is 5.89. The van der Waals surface area contributed by atoms with Crippen LogP contribution in [0.4, 0.5) is 5.82 Å². The van der Waals surface area contributed by atoms with Gasteiger partial charge in [-0.15, -0.1) is 0 Å². The predicted octanol–water partition coefficient (Wildman–Crippen LogP) is 2.87. The third kappa shape index (κ3) is 4.47. The predicted molar refractivity (Wildman–Crippen MR) is 80.1 cm³/mol. The molecule has 7 heteroatoms. The maximum Gasteiger partial charge on any atom is 0.236 e. The summed E-state index contributed by atoms with van der Waals surface area (Å²) >= 11 is 7.01. The van der Waals surface area contributed by atoms with Crippen LogP contribution < -0.4 is 5.32 Å². The average Bonchev–Trinajstić information content (AvgIpc) is 2.38. The van der Waals surface area contributed by atoms with Crippen molar-refractivity contribution in [2.45, 2.75) is 19.0 Å². The van der Waals surface area contributed by atoms with E-state index < -0.39 is 0 Å². The molecule has 0 aromatic carbocycles. The highest BCUT2D eigenvalue weighted by molar-refractivity contribution is 7.99. The van der Waals surface area contributed by atoms with Crippen LogP contribution in [0.2, 0.25) is 5.02 Å². The molecule has 2 rings (SSSR count). The Hall–Kier alpha value is -1.66. The molecule has 0 radical (unpaired) electrons. The third-order valence-corrected chi connectivity index (χ3v) is 3.36. The molecule has 0 spiro atoms. The van der Waals surface area contributed by atoms with Crippen LogP contribution in [-0.2, 0) is 4.79 Å². The smallest absolute Gasteiger partial charge is 0.236 e. The minimum Gasteiger partial charge on any atom is -0.310 e. The molecule has 0 saturated carbocycles. The van der Waals surface area contributed by atoms with Crippen LogP contribution in [0.5, 0.6) is 0 Å². The third-order valence-electron chi connectivity index (χ3n) is 2.29. The molecule has 0 atom stereocenters. The number of thioether (sulfide) groups is 1. The van der Waals surface area contributed by atoms with Crippen LogP contribution in [0.1, 0.15) is 11.4 Å². The van der Waals surface area contributed by atoms with Crippen LogP contribution in [-0.4, -0.2) is 26.6 Å². The lowest BCUT2D eigenvalue weighted by Gasteiger charge is -2.04. The van der Waals surface area contributed by atoms with Crippen molar-refractivity contribution >= 4 is 35.1 Å². The molecular weight excluding hydrogens is 296 g/mol. The Morgan fingerprint density at radius 2 is 2.00 bits per heavy atom. The van der Waals surface area contributed by atoms with Gasteiger partial charge in [-0.2, -0.15) is 0 Å². The van der Waals surface area contributed by atoms with Crippen molar-refractivity contribution in [3.63, 3.8) is 0 Å². The Morgan fingerprint density at radius 3 is 2.60 bits per heavy atom. The summed E-state index contributed by atoms with van der Waals surface area (Å²) in [7, 11) is 0. The average molecular weight is 309 g/mol. The molecule has 1 amide bonds. The van der Waals surface area contributed by atoms with Gasteiger partial charge >= 0.3 is 0 Å². The lowest BCUT2D eigenvalue weighted by Crippen LogP contribution is -2.15. The van der Waals surface area contributed by atoms with Crippen LogP contribution in [0, 0.1) is 13.8 Å². The van der Waals surface area contributed by atoms with E-state index in [1.54, 1.807) is 12.1 Å². The Bertz CT molecular complexity index is 598. The first-order valence-corrected chi connectivity index (χ1v) is 7.26. The maximum atomic E-state index is 11.8. The molecule has 0 aliphatic heterocycles. The van der Waals surface area contributed by atoms with E-state index in [4.69, 9.17) is 11.6 Å². The Labute approximate surface area is 126 Å². The first kappa shape index (κ1) is 14.7. The molecule has 0 fully saturated rings. The highest BCUT2D eigenvalue weighted by Crippen LogP contribution is 2.15. The Balaban J connectivity index is 1.90. The number of carbonyl (C=O) groups excluding carboxylic acids is 1. The maximum absolute atomic E-state index is 11.8. The van der Waals surface area contributed by atoms with Gasteiger partial charge in [0.05, 0.1) is 10.8 Å². The molecule has 20 heavy (non-hydrogen) atoms. The van der Waals surface area contributed by atoms with Gasteiger partial charge in [0.15, 0.2) is 5.16 Å². The topological polar surface area (TPSA) is 67.8 Å². The highest BCUT2D eigenvalue weighted by Gasteiger charge is 2.07. The molecule has 104 valence electrons. The number of nitrogens with one attached hydrogen (secondary N) is 1. The zero-order chi connectivity index (χ0) is 14.5. The van der Waals surface area contributed by atoms with Crippen molar-refractivity contribution in [2.75, 3.05) is 11.1 Å². The van der Waals surface area contributed by atoms with E-state index in [0.29, 0.717) is 16.0 Å². The summed E-state index contributed by atoms with van der Waals surface area (Å²) in [5.41, 5.74) is 1.78. The van der Waals surface area contributed by atoms with E-state index in [0.717, 1.165) is 11.4 Å². The van der Waals surface area contributed by atoms with E-state index >= 15 is 0 Å². The number of hydrogen-bond acceptors (Lipinski definition) is 5. The van der Waals surface area contributed by atoms with E-state index in [1.165, 1.54) is 18.0 Å². The summed E-state index contributed by atoms with van der Waals surface area (Å²) in [5, 5.41) is 3.81. The molecule has 2 aromatic heterocycles. The fourth-order valence-electron chi connectivity index (χ4n) is 1.52. The first-order chi connectivity index (χ1) is 9.52. The monoisotopic (exact) mass is 308 g/mol. The van der Waals surface area contributed by atoms with Crippen LogP contribution in [0.15, 0.2) is 29.6 Å². The van der Waals surface area contributed by atoms with Crippen molar-refractivity contribution in [3.8, 4) is 0 Å². The van der Waals surface area contributed by atoms with E-state index in [2.05, 4.69) is 20.3 Å². The number of pyridine rings is 1. The van der Waals surface area contributed by atoms with Crippen molar-refractivity contribution in [1.29, 1.82) is 0 Å². The fourth-order valence-corrected chi connectivity index (χ4v) is 2.38. The van der Waals surface area contributed by atoms with Gasteiger partial charge in [-0.3, -0.25) is 4.79 Å². The van der Waals surface area contributed by atoms with Gasteiger partial charge in [-0.25, -0.2) is 15.0 Å². The standard InChI is InChI=1S/C13H13ClN4OS/c1-8-5-9(2)17-13(16-8)20-7-12(19)18-11-4-3-10(14)6-15-11/h3-6H,7H2,1-2H3,(H,15,18,19). The van der Waals surface area contributed by atoms with Crippen molar-refractivity contribution < 1.29 is 4.79 Å². The van der Waals surface area contributed by atoms with Gasteiger partial charge < -0.3 is 5.32 Å². The lowest BCUT2D eigenvalue weighted by atomic mass is 10.4. The van der Waals surface area contributed by atoms with Crippen LogP contribution in [0.3, 0.4) is 0 Å². The quantitative estimate of drug-likeness (QED) is 0.695. The number of anilines is 1. The molecule has 0 aliphatic rings. The van der Waals surface area contributed by atoms with Gasteiger partial charge in [0, 0.05) is 17.6 Å². The second-order valence-corrected chi connectivity index (χ2v) is 5.51. The summed E-state index contributed by atoms with van der Waals surface area (Å²) in [6.07, 6.45) is 1.48. The number of amides is 1. The summed E-state index contributed by atoms with van der Waals surface area (Å²) in [6, 6.07) is 5.21. The van der Waals surface area contributed by atoms with E-state index in [-0.39, 0.29) is 11.7 Å². The molecule has 0 bridgehead atoms. The van der Waals surface area contributed by atoms with Gasteiger partial charge in [0.2, 0.25) is 5.91 Å². The largest absolute Gasteiger partial charge is 0.310 e. The number of carbonyl (C=O) groups is 1. The van der Waals surface area contributed by atoms with Gasteiger partial charge in [0.1, 0.15) is 5.82 Å². The minimum absolute atomic E-state index is 0.160. The molecule has 0 aliphatic carbocycles. The van der Waals surface area contributed by atoms with Crippen molar-refractivity contribution in [3.05, 3.63) is 40.8 Å². The second kappa shape index (κ2) is 6.67. The second-order valence-electron chi connectivity index (χ2n) is 4.13. The molecule has 1 N–H and O–H groups in total. The molecular formula is C13H13ClN4OS. The highest BCUT2D eigenvalue weighted by atomic mass is 35.5. The zero-order valence-electron chi connectivity index (χ0n) is 11.1. The van der Waals surface area contributed by atoms with Gasteiger partial charge in [0.25, 0.3) is 0 Å². The van der Waals surface area contributed by atoms with Crippen LogP contribution in [0.25, 0.3) is 0 Å². The summed E-state index contributed by atoms with van der Waals surface area (Å²) < 4.78 is 0.